The van der Waals surface area contributed by atoms with Crippen LogP contribution in [0, 0.1) is 13.8 Å². The summed E-state index contributed by atoms with van der Waals surface area (Å²) in [5.41, 5.74) is 3.43. The number of benzene rings is 1. The van der Waals surface area contributed by atoms with Gasteiger partial charge >= 0.3 is 0 Å². The highest BCUT2D eigenvalue weighted by molar-refractivity contribution is 6.27. The molecule has 3 rings (SSSR count). The van der Waals surface area contributed by atoms with E-state index < -0.39 is 0 Å². The van der Waals surface area contributed by atoms with Crippen LogP contribution in [0.1, 0.15) is 22.6 Å². The van der Waals surface area contributed by atoms with E-state index in [9.17, 15) is 4.79 Å². The molecule has 0 N–H and O–H groups in total. The number of piperazine rings is 1. The van der Waals surface area contributed by atoms with Crippen molar-refractivity contribution in [1.29, 1.82) is 0 Å². The summed E-state index contributed by atoms with van der Waals surface area (Å²) in [4.78, 5) is 25.1. The lowest BCUT2D eigenvalue weighted by Crippen LogP contribution is -2.49. The number of anilines is 1. The van der Waals surface area contributed by atoms with Crippen LogP contribution in [0.4, 0.5) is 5.82 Å². The highest BCUT2D eigenvalue weighted by Crippen LogP contribution is 2.25. The average Bonchev–Trinajstić information content (AvgIpc) is 2.64. The summed E-state index contributed by atoms with van der Waals surface area (Å²) in [6, 6.07) is 10.4. The number of hydrogen-bond acceptors (Lipinski definition) is 4. The molecule has 1 aliphatic rings. The molecule has 1 aliphatic heterocycles. The highest BCUT2D eigenvalue weighted by atomic mass is 35.5. The van der Waals surface area contributed by atoms with Crippen LogP contribution in [0.25, 0.3) is 0 Å². The van der Waals surface area contributed by atoms with Gasteiger partial charge in [-0.3, -0.25) is 4.79 Å². The summed E-state index contributed by atoms with van der Waals surface area (Å²) in [6.45, 7) is 6.86. The van der Waals surface area contributed by atoms with E-state index in [1.165, 1.54) is 5.56 Å². The Bertz CT molecular complexity index is 743. The molecule has 5 nitrogen and oxygen atoms in total. The maximum absolute atomic E-state index is 11.8. The first kappa shape index (κ1) is 17.7. The van der Waals surface area contributed by atoms with Crippen LogP contribution in [0.2, 0.25) is 0 Å². The standard InChI is InChI=1S/C19H23ClN4O/c1-14-17(12-16-6-4-3-5-7-16)19(22-15(2)21-14)24-10-8-23(9-11-24)18(25)13-20/h3-7H,8-13H2,1-2H3. The second-order valence-electron chi connectivity index (χ2n) is 6.32. The number of nitrogens with zero attached hydrogens (tertiary/aromatic N) is 4. The van der Waals surface area contributed by atoms with Crippen molar-refractivity contribution in [3.8, 4) is 0 Å². The molecule has 0 spiro atoms. The molecule has 0 atom stereocenters. The predicted octanol–water partition coefficient (Wildman–Crippen LogP) is 2.57. The molecule has 1 fully saturated rings. The van der Waals surface area contributed by atoms with Gasteiger partial charge in [0.25, 0.3) is 0 Å². The molecule has 2 aromatic rings. The van der Waals surface area contributed by atoms with Gasteiger partial charge in [-0.25, -0.2) is 9.97 Å². The van der Waals surface area contributed by atoms with Gasteiger partial charge in [0.15, 0.2) is 0 Å². The number of alkyl halides is 1. The molecule has 1 aromatic carbocycles. The highest BCUT2D eigenvalue weighted by Gasteiger charge is 2.24. The first-order chi connectivity index (χ1) is 12.1. The van der Waals surface area contributed by atoms with E-state index in [0.717, 1.165) is 42.4 Å². The van der Waals surface area contributed by atoms with Crippen LogP contribution in [-0.2, 0) is 11.2 Å². The van der Waals surface area contributed by atoms with Crippen molar-refractivity contribution in [3.63, 3.8) is 0 Å². The summed E-state index contributed by atoms with van der Waals surface area (Å²) in [6.07, 6.45) is 0.809. The van der Waals surface area contributed by atoms with Gasteiger partial charge in [0.1, 0.15) is 17.5 Å². The zero-order valence-corrected chi connectivity index (χ0v) is 15.5. The van der Waals surface area contributed by atoms with Crippen LogP contribution in [0.5, 0.6) is 0 Å². The molecule has 0 saturated carbocycles. The number of hydrogen-bond donors (Lipinski definition) is 0. The van der Waals surface area contributed by atoms with E-state index in [-0.39, 0.29) is 11.8 Å². The molecule has 132 valence electrons. The zero-order chi connectivity index (χ0) is 17.8. The van der Waals surface area contributed by atoms with Crippen molar-refractivity contribution in [1.82, 2.24) is 14.9 Å². The summed E-state index contributed by atoms with van der Waals surface area (Å²) in [7, 11) is 0. The van der Waals surface area contributed by atoms with E-state index in [1.54, 1.807) is 0 Å². The Kier molecular flexibility index (Phi) is 5.53. The Balaban J connectivity index is 1.85. The number of rotatable bonds is 4. The third-order valence-corrected chi connectivity index (χ3v) is 4.80. The Morgan fingerprint density at radius 2 is 1.76 bits per heavy atom. The van der Waals surface area contributed by atoms with E-state index >= 15 is 0 Å². The minimum Gasteiger partial charge on any atom is -0.353 e. The van der Waals surface area contributed by atoms with E-state index in [4.69, 9.17) is 16.6 Å². The topological polar surface area (TPSA) is 49.3 Å². The third kappa shape index (κ3) is 4.10. The van der Waals surface area contributed by atoms with Crippen molar-refractivity contribution in [2.75, 3.05) is 37.0 Å². The first-order valence-electron chi connectivity index (χ1n) is 8.55. The Morgan fingerprint density at radius 3 is 2.40 bits per heavy atom. The van der Waals surface area contributed by atoms with Crippen molar-refractivity contribution in [2.24, 2.45) is 0 Å². The lowest BCUT2D eigenvalue weighted by molar-refractivity contribution is -0.128. The van der Waals surface area contributed by atoms with Crippen LogP contribution in [0.15, 0.2) is 30.3 Å². The Labute approximate surface area is 153 Å². The lowest BCUT2D eigenvalue weighted by atomic mass is 10.0. The quantitative estimate of drug-likeness (QED) is 0.788. The molecule has 0 aliphatic carbocycles. The minimum atomic E-state index is 0.000810. The predicted molar refractivity (Wildman–Crippen MR) is 100 cm³/mol. The van der Waals surface area contributed by atoms with Crippen molar-refractivity contribution in [2.45, 2.75) is 20.3 Å². The normalized spacial score (nSPS) is 14.7. The molecular formula is C19H23ClN4O. The van der Waals surface area contributed by atoms with Gasteiger partial charge in [0, 0.05) is 43.9 Å². The molecule has 1 amide bonds. The molecule has 0 radical (unpaired) electrons. The van der Waals surface area contributed by atoms with Gasteiger partial charge in [0.2, 0.25) is 5.91 Å². The van der Waals surface area contributed by atoms with Crippen molar-refractivity contribution >= 4 is 23.3 Å². The SMILES string of the molecule is Cc1nc(C)c(Cc2ccccc2)c(N2CCN(C(=O)CCl)CC2)n1. The zero-order valence-electron chi connectivity index (χ0n) is 14.7. The minimum absolute atomic E-state index is 0.000810. The fourth-order valence-electron chi connectivity index (χ4n) is 3.24. The molecule has 1 aromatic heterocycles. The fraction of sp³-hybridized carbons (Fsp3) is 0.421. The van der Waals surface area contributed by atoms with Gasteiger partial charge in [-0.1, -0.05) is 30.3 Å². The average molecular weight is 359 g/mol. The maximum Gasteiger partial charge on any atom is 0.237 e. The fourth-order valence-corrected chi connectivity index (χ4v) is 3.41. The molecule has 1 saturated heterocycles. The second kappa shape index (κ2) is 7.83. The van der Waals surface area contributed by atoms with E-state index in [1.807, 2.05) is 24.8 Å². The first-order valence-corrected chi connectivity index (χ1v) is 9.08. The molecule has 0 unspecified atom stereocenters. The molecule has 25 heavy (non-hydrogen) atoms. The molecule has 2 heterocycles. The maximum atomic E-state index is 11.8. The smallest absolute Gasteiger partial charge is 0.237 e. The van der Waals surface area contributed by atoms with Gasteiger partial charge < -0.3 is 9.80 Å². The summed E-state index contributed by atoms with van der Waals surface area (Å²) >= 11 is 5.67. The van der Waals surface area contributed by atoms with Crippen molar-refractivity contribution < 1.29 is 4.79 Å². The lowest BCUT2D eigenvalue weighted by Gasteiger charge is -2.36. The summed E-state index contributed by atoms with van der Waals surface area (Å²) in [5.74, 6) is 1.82. The monoisotopic (exact) mass is 358 g/mol. The third-order valence-electron chi connectivity index (χ3n) is 4.57. The summed E-state index contributed by atoms with van der Waals surface area (Å²) in [5, 5.41) is 0. The number of aromatic nitrogens is 2. The van der Waals surface area contributed by atoms with Gasteiger partial charge in [-0.05, 0) is 19.4 Å². The van der Waals surface area contributed by atoms with Gasteiger partial charge in [0.05, 0.1) is 0 Å². The van der Waals surface area contributed by atoms with Crippen LogP contribution in [0.3, 0.4) is 0 Å². The van der Waals surface area contributed by atoms with Gasteiger partial charge in [-0.2, -0.15) is 0 Å². The van der Waals surface area contributed by atoms with Crippen molar-refractivity contribution in [3.05, 3.63) is 53.0 Å². The number of amides is 1. The van der Waals surface area contributed by atoms with E-state index in [0.29, 0.717) is 13.1 Å². The Morgan fingerprint density at radius 1 is 1.08 bits per heavy atom. The van der Waals surface area contributed by atoms with Crippen LogP contribution in [-0.4, -0.2) is 52.8 Å². The molecule has 0 bridgehead atoms. The second-order valence-corrected chi connectivity index (χ2v) is 6.59. The molecular weight excluding hydrogens is 336 g/mol. The number of halogens is 1. The van der Waals surface area contributed by atoms with Crippen LogP contribution < -0.4 is 4.90 Å². The van der Waals surface area contributed by atoms with Gasteiger partial charge in [-0.15, -0.1) is 11.6 Å². The van der Waals surface area contributed by atoms with Crippen LogP contribution >= 0.6 is 11.6 Å². The summed E-state index contributed by atoms with van der Waals surface area (Å²) < 4.78 is 0. The Hall–Kier alpha value is -2.14. The number of carbonyl (C=O) groups is 1. The van der Waals surface area contributed by atoms with E-state index in [2.05, 4.69) is 34.1 Å². The number of carbonyl (C=O) groups excluding carboxylic acids is 1. The number of aryl methyl sites for hydroxylation is 2. The molecule has 6 heteroatoms. The largest absolute Gasteiger partial charge is 0.353 e.